The Labute approximate surface area is 438 Å². The topological polar surface area (TPSA) is 32.8 Å². The normalized spacial score (nSPS) is 12.9. The monoisotopic (exact) mass is 973 g/mol. The molecule has 2 heterocycles. The van der Waals surface area contributed by atoms with E-state index < -0.39 is 0 Å². The van der Waals surface area contributed by atoms with Gasteiger partial charge in [0.1, 0.15) is 22.3 Å². The molecule has 11 aromatic rings. The molecule has 74 heavy (non-hydrogen) atoms. The van der Waals surface area contributed by atoms with Crippen LogP contribution in [0.25, 0.3) is 65.4 Å². The predicted molar refractivity (Wildman–Crippen MR) is 319 cm³/mol. The molecule has 11 rings (SSSR count). The highest BCUT2D eigenvalue weighted by atomic mass is 16.3. The smallest absolute Gasteiger partial charge is 0.140 e. The lowest BCUT2D eigenvalue weighted by atomic mass is 9.77. The number of para-hydroxylation sites is 2. The number of aryl methyl sites for hydroxylation is 4. The fourth-order valence-corrected chi connectivity index (χ4v) is 11.8. The van der Waals surface area contributed by atoms with Crippen molar-refractivity contribution in [3.05, 3.63) is 190 Å². The van der Waals surface area contributed by atoms with Gasteiger partial charge in [-0.3, -0.25) is 0 Å². The molecule has 0 saturated heterocycles. The molecular weight excluding hydrogens is 901 g/mol. The van der Waals surface area contributed by atoms with Gasteiger partial charge in [0.05, 0.1) is 11.4 Å². The molecule has 0 spiro atoms. The summed E-state index contributed by atoms with van der Waals surface area (Å²) in [6.45, 7) is 36.5. The van der Waals surface area contributed by atoms with E-state index in [2.05, 4.69) is 266 Å². The Kier molecular flexibility index (Phi) is 11.3. The number of fused-ring (bicyclic) bond motifs is 8. The number of hydrogen-bond acceptors (Lipinski definition) is 4. The van der Waals surface area contributed by atoms with Crippen LogP contribution in [0.4, 0.5) is 34.1 Å². The van der Waals surface area contributed by atoms with Gasteiger partial charge < -0.3 is 18.6 Å². The maximum atomic E-state index is 7.34. The second kappa shape index (κ2) is 17.1. The summed E-state index contributed by atoms with van der Waals surface area (Å²) < 4.78 is 14.7. The second-order valence-corrected chi connectivity index (χ2v) is 25.4. The molecule has 2 aromatic heterocycles. The lowest BCUT2D eigenvalue weighted by Gasteiger charge is -2.30. The van der Waals surface area contributed by atoms with Crippen molar-refractivity contribution in [1.29, 1.82) is 0 Å². The van der Waals surface area contributed by atoms with Crippen LogP contribution < -0.4 is 9.80 Å². The summed E-state index contributed by atoms with van der Waals surface area (Å²) in [6, 6.07) is 54.4. The van der Waals surface area contributed by atoms with Gasteiger partial charge >= 0.3 is 0 Å². The Morgan fingerprint density at radius 2 is 0.662 bits per heavy atom. The van der Waals surface area contributed by atoms with Gasteiger partial charge in [-0.15, -0.1) is 0 Å². The van der Waals surface area contributed by atoms with Gasteiger partial charge in [-0.2, -0.15) is 0 Å². The fraction of sp³-hybridized carbons (Fsp3) is 0.286. The van der Waals surface area contributed by atoms with Crippen molar-refractivity contribution in [3.8, 4) is 0 Å². The first-order valence-corrected chi connectivity index (χ1v) is 26.6. The van der Waals surface area contributed by atoms with Crippen LogP contribution >= 0.6 is 0 Å². The molecule has 0 atom stereocenters. The Hall–Kier alpha value is -7.30. The van der Waals surface area contributed by atoms with Crippen LogP contribution in [0.3, 0.4) is 0 Å². The minimum Gasteiger partial charge on any atom is -0.456 e. The standard InChI is InChI=1S/C70H72N2O2/c1-41-21-17-22-42(2)63(41)71(51-27-19-25-49(39-51)67(5,6)7)53-31-29-45-35-55-57(37-47(45)33-53)73-65-59(55)61(69(11,12)13)66-60(62(65)70(14,15)16)56-36-46-30-32-54(34-48(46)38-58(56)74-66)72(64-43(3)23-18-24-44(64)4)52-28-20-26-50(40-52)68(8,9)10/h17-40H,1-16H3. The van der Waals surface area contributed by atoms with Gasteiger partial charge in [-0.25, -0.2) is 0 Å². The van der Waals surface area contributed by atoms with E-state index in [1.54, 1.807) is 0 Å². The van der Waals surface area contributed by atoms with Crippen LogP contribution in [-0.4, -0.2) is 0 Å². The Balaban J connectivity index is 1.13. The minimum atomic E-state index is -0.288. The van der Waals surface area contributed by atoms with Crippen LogP contribution in [0.15, 0.2) is 154 Å². The number of furan rings is 2. The number of benzene rings is 9. The van der Waals surface area contributed by atoms with Gasteiger partial charge in [-0.05, 0) is 177 Å². The maximum absolute atomic E-state index is 7.34. The van der Waals surface area contributed by atoms with Crippen LogP contribution in [0, 0.1) is 27.7 Å². The number of nitrogens with zero attached hydrogens (tertiary/aromatic N) is 2. The summed E-state index contributed by atoms with van der Waals surface area (Å²) >= 11 is 0. The zero-order chi connectivity index (χ0) is 52.6. The molecule has 4 nitrogen and oxygen atoms in total. The molecule has 374 valence electrons. The largest absolute Gasteiger partial charge is 0.456 e. The molecule has 0 radical (unpaired) electrons. The summed E-state index contributed by atoms with van der Waals surface area (Å²) in [5.74, 6) is 0. The molecule has 0 saturated carbocycles. The van der Waals surface area contributed by atoms with E-state index in [1.807, 2.05) is 0 Å². The molecule has 4 heteroatoms. The Bertz CT molecular complexity index is 3750. The molecule has 0 amide bonds. The molecule has 0 unspecified atom stereocenters. The first-order valence-electron chi connectivity index (χ1n) is 26.6. The Morgan fingerprint density at radius 3 is 1.00 bits per heavy atom. The number of anilines is 6. The van der Waals surface area contributed by atoms with Crippen molar-refractivity contribution >= 4 is 99.5 Å². The zero-order valence-corrected chi connectivity index (χ0v) is 46.6. The number of rotatable bonds is 6. The van der Waals surface area contributed by atoms with Crippen molar-refractivity contribution < 1.29 is 8.83 Å². The van der Waals surface area contributed by atoms with Crippen molar-refractivity contribution in [2.75, 3.05) is 9.80 Å². The SMILES string of the molecule is Cc1cccc(C)c1N(c1cccc(C(C)(C)C)c1)c1ccc2cc3c(cc2c1)oc1c(C(C)(C)C)c2c(oc4cc5cc(N(c6cccc(C(C)(C)C)c6)c6c(C)cccc6C)ccc5cc42)c(C(C)(C)C)c13. The van der Waals surface area contributed by atoms with Gasteiger partial charge in [0.15, 0.2) is 0 Å². The molecule has 9 aromatic carbocycles. The van der Waals surface area contributed by atoms with E-state index in [1.165, 1.54) is 55.9 Å². The predicted octanol–water partition coefficient (Wildman–Crippen LogP) is 21.2. The van der Waals surface area contributed by atoms with Crippen LogP contribution in [-0.2, 0) is 21.7 Å². The first-order chi connectivity index (χ1) is 34.9. The molecule has 0 aliphatic heterocycles. The van der Waals surface area contributed by atoms with Crippen molar-refractivity contribution in [3.63, 3.8) is 0 Å². The van der Waals surface area contributed by atoms with E-state index >= 15 is 0 Å². The third-order valence-electron chi connectivity index (χ3n) is 15.5. The van der Waals surface area contributed by atoms with Gasteiger partial charge in [0.25, 0.3) is 0 Å². The summed E-state index contributed by atoms with van der Waals surface area (Å²) in [6.07, 6.45) is 0. The third kappa shape index (κ3) is 8.22. The first kappa shape index (κ1) is 48.9. The summed E-state index contributed by atoms with van der Waals surface area (Å²) in [4.78, 5) is 4.88. The minimum absolute atomic E-state index is 0.00550. The van der Waals surface area contributed by atoms with Crippen LogP contribution in [0.5, 0.6) is 0 Å². The highest BCUT2D eigenvalue weighted by Gasteiger charge is 2.35. The van der Waals surface area contributed by atoms with Crippen LogP contribution in [0.1, 0.15) is 128 Å². The van der Waals surface area contributed by atoms with Crippen LogP contribution in [0.2, 0.25) is 0 Å². The molecular formula is C70H72N2O2. The average Bonchev–Trinajstić information content (AvgIpc) is 3.86. The van der Waals surface area contributed by atoms with E-state index in [9.17, 15) is 0 Å². The second-order valence-electron chi connectivity index (χ2n) is 25.4. The molecule has 0 N–H and O–H groups in total. The maximum Gasteiger partial charge on any atom is 0.140 e. The van der Waals surface area contributed by atoms with Crippen molar-refractivity contribution in [2.24, 2.45) is 0 Å². The lowest BCUT2D eigenvalue weighted by Crippen LogP contribution is -2.16. The highest BCUT2D eigenvalue weighted by molar-refractivity contribution is 6.23. The van der Waals surface area contributed by atoms with Gasteiger partial charge in [0.2, 0.25) is 0 Å². The molecule has 0 bridgehead atoms. The average molecular weight is 973 g/mol. The highest BCUT2D eigenvalue weighted by Crippen LogP contribution is 2.52. The molecule has 0 fully saturated rings. The Morgan fingerprint density at radius 1 is 0.324 bits per heavy atom. The van der Waals surface area contributed by atoms with Gasteiger partial charge in [-0.1, -0.05) is 156 Å². The van der Waals surface area contributed by atoms with E-state index in [4.69, 9.17) is 8.83 Å². The fourth-order valence-electron chi connectivity index (χ4n) is 11.8. The van der Waals surface area contributed by atoms with E-state index in [0.29, 0.717) is 0 Å². The van der Waals surface area contributed by atoms with Crippen molar-refractivity contribution in [2.45, 2.75) is 132 Å². The summed E-state index contributed by atoms with van der Waals surface area (Å²) in [5, 5.41) is 9.09. The van der Waals surface area contributed by atoms with Crippen molar-refractivity contribution in [1.82, 2.24) is 0 Å². The zero-order valence-electron chi connectivity index (χ0n) is 46.6. The molecule has 0 aliphatic rings. The number of hydrogen-bond donors (Lipinski definition) is 0. The summed E-state index contributed by atoms with van der Waals surface area (Å²) in [7, 11) is 0. The summed E-state index contributed by atoms with van der Waals surface area (Å²) in [5.41, 5.74) is 19.9. The third-order valence-corrected chi connectivity index (χ3v) is 15.5. The van der Waals surface area contributed by atoms with E-state index in [0.717, 1.165) is 88.2 Å². The quantitative estimate of drug-likeness (QED) is 0.166. The molecule has 0 aliphatic carbocycles. The van der Waals surface area contributed by atoms with E-state index in [-0.39, 0.29) is 21.7 Å². The lowest BCUT2D eigenvalue weighted by molar-refractivity contribution is 0.564. The van der Waals surface area contributed by atoms with Gasteiger partial charge in [0, 0.05) is 55.4 Å².